The molecule has 1 spiro atoms. The van der Waals surface area contributed by atoms with Crippen molar-refractivity contribution in [3.8, 4) is 46.3 Å². The number of aromatic hydroxyl groups is 2. The molecule has 7 atom stereocenters. The Morgan fingerprint density at radius 2 is 1.90 bits per heavy atom. The second kappa shape index (κ2) is 14.3. The smallest absolute Gasteiger partial charge is 0.331 e. The molecule has 3 N–H and O–H groups in total. The minimum absolute atomic E-state index is 0.0268. The zero-order valence-electron chi connectivity index (χ0n) is 33.0. The van der Waals surface area contributed by atoms with Gasteiger partial charge in [-0.1, -0.05) is 12.1 Å². The Labute approximate surface area is 340 Å². The number of nitrogens with one attached hydrogen (secondary N) is 1. The van der Waals surface area contributed by atoms with Crippen LogP contribution in [0.4, 0.5) is 0 Å². The maximum atomic E-state index is 14.8. The summed E-state index contributed by atoms with van der Waals surface area (Å²) in [6.07, 6.45) is 3.22. The largest absolute Gasteiger partial charge is 0.504 e. The van der Waals surface area contributed by atoms with Crippen molar-refractivity contribution in [2.45, 2.75) is 80.5 Å². The van der Waals surface area contributed by atoms with Crippen LogP contribution in [0.3, 0.4) is 0 Å². The number of ether oxygens (including phenoxy) is 6. The third-order valence-electron chi connectivity index (χ3n) is 13.0. The van der Waals surface area contributed by atoms with Crippen LogP contribution in [0, 0.1) is 25.2 Å². The molecule has 3 aromatic carbocycles. The first kappa shape index (κ1) is 38.4. The molecule has 10 rings (SSSR count). The van der Waals surface area contributed by atoms with Gasteiger partial charge in [0.15, 0.2) is 40.0 Å². The molecule has 7 heterocycles. The lowest BCUT2D eigenvalue weighted by molar-refractivity contribution is -0.157. The summed E-state index contributed by atoms with van der Waals surface area (Å²) in [5.41, 5.74) is 4.37. The van der Waals surface area contributed by atoms with E-state index in [4.69, 9.17) is 28.4 Å². The average Bonchev–Trinajstić information content (AvgIpc) is 3.70. The lowest BCUT2D eigenvalue weighted by Gasteiger charge is -2.62. The van der Waals surface area contributed by atoms with Crippen molar-refractivity contribution in [1.29, 1.82) is 5.26 Å². The molecule has 3 aromatic rings. The van der Waals surface area contributed by atoms with Crippen LogP contribution in [0.5, 0.6) is 40.2 Å². The van der Waals surface area contributed by atoms with Gasteiger partial charge in [-0.25, -0.2) is 4.79 Å². The number of aryl methyl sites for hydroxylation is 1. The topological polar surface area (TPSA) is 172 Å². The Balaban J connectivity index is 1.33. The van der Waals surface area contributed by atoms with Gasteiger partial charge in [-0.15, -0.1) is 18.3 Å². The predicted molar refractivity (Wildman–Crippen MR) is 212 cm³/mol. The van der Waals surface area contributed by atoms with E-state index in [0.717, 1.165) is 16.7 Å². The molecular formula is C43H46N4O10S. The van der Waals surface area contributed by atoms with Crippen molar-refractivity contribution in [1.82, 2.24) is 15.1 Å². The van der Waals surface area contributed by atoms with Crippen molar-refractivity contribution in [3.05, 3.63) is 75.4 Å². The van der Waals surface area contributed by atoms with Crippen molar-refractivity contribution >= 4 is 23.7 Å². The lowest BCUT2D eigenvalue weighted by Crippen LogP contribution is -2.69. The standard InChI is InChI=1S/C43H46N4O10S/c1-7-8-9-30(49)57-38-21(3)39-40(56-19-55-39)32-27-17-54-42(51)43(24-15-29(52-5)28(48)14-22(24)10-11-45-43)18-58-41(33(32)38)35-34-31-23(12-20(2)37(53-6)36(31)50)13-25(46(34)4)26(16-44)47(27)35/h7,12,14-15,25-27,34-35,41,45,48,50H,1,8-11,13,17-19H2,2-6H3/t25-,26-,27-,34+,35?,41+,43+/m0/s1. The molecule has 0 aliphatic carbocycles. The molecule has 0 radical (unpaired) electrons. The number of benzene rings is 3. The fraction of sp³-hybridized carbons (Fsp3) is 0.465. The Kier molecular flexibility index (Phi) is 9.46. The van der Waals surface area contributed by atoms with Gasteiger partial charge in [0.05, 0.1) is 37.6 Å². The zero-order valence-corrected chi connectivity index (χ0v) is 33.9. The Morgan fingerprint density at radius 1 is 1.10 bits per heavy atom. The van der Waals surface area contributed by atoms with Gasteiger partial charge in [-0.05, 0) is 74.5 Å². The molecule has 2 fully saturated rings. The third kappa shape index (κ3) is 5.41. The molecule has 304 valence electrons. The van der Waals surface area contributed by atoms with Gasteiger partial charge in [-0.2, -0.15) is 5.26 Å². The first-order chi connectivity index (χ1) is 28.0. The number of likely N-dealkylation sites (N-methyl/N-ethyl adjacent to an activating group) is 1. The molecule has 58 heavy (non-hydrogen) atoms. The van der Waals surface area contributed by atoms with Gasteiger partial charge in [-0.3, -0.25) is 19.9 Å². The predicted octanol–water partition coefficient (Wildman–Crippen LogP) is 4.93. The maximum absolute atomic E-state index is 14.8. The van der Waals surface area contributed by atoms with Crippen molar-refractivity contribution in [3.63, 3.8) is 0 Å². The number of nitrogens with zero attached hydrogens (tertiary/aromatic N) is 3. The quantitative estimate of drug-likeness (QED) is 0.174. The van der Waals surface area contributed by atoms with Crippen LogP contribution in [-0.4, -0.2) is 97.0 Å². The minimum Gasteiger partial charge on any atom is -0.504 e. The van der Waals surface area contributed by atoms with Gasteiger partial charge >= 0.3 is 11.9 Å². The summed E-state index contributed by atoms with van der Waals surface area (Å²) >= 11 is 1.48. The normalized spacial score (nSPS) is 28.0. The number of allylic oxidation sites excluding steroid dienone is 1. The third-order valence-corrected chi connectivity index (χ3v) is 14.4. The average molecular weight is 811 g/mol. The highest BCUT2D eigenvalue weighted by molar-refractivity contribution is 7.99. The van der Waals surface area contributed by atoms with Gasteiger partial charge in [0, 0.05) is 53.1 Å². The SMILES string of the molecule is C=CCCC(=O)Oc1c(C)c2c(c3c1[C@H]1SC[C@]4(NCCc5cc(O)c(OC)cc54)C(=O)OC[C@@H]3N3C1[C@H]1c4c(cc(C)c(OC)c4O)C[C@@H]([C@@H]3C#N)N1C)OCO2. The summed E-state index contributed by atoms with van der Waals surface area (Å²) in [7, 11) is 4.99. The minimum atomic E-state index is -1.38. The van der Waals surface area contributed by atoms with Crippen LogP contribution in [0.1, 0.15) is 74.7 Å². The fourth-order valence-corrected chi connectivity index (χ4v) is 12.1. The fourth-order valence-electron chi connectivity index (χ4n) is 10.4. The molecule has 0 aromatic heterocycles. The molecule has 15 heteroatoms. The molecule has 2 saturated heterocycles. The summed E-state index contributed by atoms with van der Waals surface area (Å²) in [4.78, 5) is 32.8. The van der Waals surface area contributed by atoms with E-state index >= 15 is 0 Å². The number of piperazine rings is 1. The summed E-state index contributed by atoms with van der Waals surface area (Å²) in [6.45, 7) is 7.70. The van der Waals surface area contributed by atoms with Crippen LogP contribution in [0.2, 0.25) is 0 Å². The Morgan fingerprint density at radius 3 is 2.64 bits per heavy atom. The summed E-state index contributed by atoms with van der Waals surface area (Å²) < 4.78 is 36.5. The van der Waals surface area contributed by atoms with E-state index in [9.17, 15) is 25.1 Å². The number of phenols is 2. The summed E-state index contributed by atoms with van der Waals surface area (Å²) in [5.74, 6) is 1.01. The van der Waals surface area contributed by atoms with Crippen molar-refractivity contribution in [2.24, 2.45) is 0 Å². The number of thioether (sulfide) groups is 1. The van der Waals surface area contributed by atoms with E-state index in [0.29, 0.717) is 76.6 Å². The van der Waals surface area contributed by atoms with E-state index in [-0.39, 0.29) is 48.9 Å². The molecule has 7 aliphatic heterocycles. The number of rotatable bonds is 6. The molecule has 14 nitrogen and oxygen atoms in total. The number of carbonyl (C=O) groups excluding carboxylic acids is 2. The highest BCUT2D eigenvalue weighted by Crippen LogP contribution is 2.64. The molecule has 7 aliphatic rings. The molecule has 0 amide bonds. The van der Waals surface area contributed by atoms with Crippen LogP contribution in [0.15, 0.2) is 30.9 Å². The van der Waals surface area contributed by atoms with Gasteiger partial charge in [0.1, 0.15) is 18.4 Å². The van der Waals surface area contributed by atoms with Crippen LogP contribution >= 0.6 is 11.8 Å². The zero-order chi connectivity index (χ0) is 40.8. The Bertz CT molecular complexity index is 2310. The van der Waals surface area contributed by atoms with Crippen molar-refractivity contribution < 1.29 is 48.2 Å². The van der Waals surface area contributed by atoms with E-state index < -0.39 is 46.9 Å². The first-order valence-electron chi connectivity index (χ1n) is 19.5. The van der Waals surface area contributed by atoms with Crippen molar-refractivity contribution in [2.75, 3.05) is 47.0 Å². The van der Waals surface area contributed by atoms with Gasteiger partial charge in [0.25, 0.3) is 0 Å². The van der Waals surface area contributed by atoms with Gasteiger partial charge in [0.2, 0.25) is 6.79 Å². The highest BCUT2D eigenvalue weighted by atomic mass is 32.2. The molecule has 1 unspecified atom stereocenters. The van der Waals surface area contributed by atoms with E-state index in [1.165, 1.54) is 26.0 Å². The number of fused-ring (bicyclic) bond motifs is 9. The van der Waals surface area contributed by atoms with Gasteiger partial charge < -0.3 is 38.6 Å². The number of methoxy groups -OCH3 is 2. The van der Waals surface area contributed by atoms with Crippen LogP contribution in [-0.2, 0) is 32.7 Å². The van der Waals surface area contributed by atoms with Crippen LogP contribution < -0.4 is 29.0 Å². The maximum Gasteiger partial charge on any atom is 0.331 e. The number of phenolic OH excluding ortho intramolecular Hbond substituents is 2. The number of hydrogen-bond acceptors (Lipinski definition) is 15. The monoisotopic (exact) mass is 810 g/mol. The van der Waals surface area contributed by atoms with E-state index in [1.807, 2.05) is 27.0 Å². The highest BCUT2D eigenvalue weighted by Gasteiger charge is 2.62. The van der Waals surface area contributed by atoms with Crippen LogP contribution in [0.25, 0.3) is 0 Å². The summed E-state index contributed by atoms with van der Waals surface area (Å²) in [5, 5.41) is 37.1. The van der Waals surface area contributed by atoms with E-state index in [1.54, 1.807) is 18.2 Å². The molecular weight excluding hydrogens is 765 g/mol. The molecule has 0 saturated carbocycles. The second-order valence-corrected chi connectivity index (χ2v) is 16.9. The number of nitriles is 1. The second-order valence-electron chi connectivity index (χ2n) is 15.8. The number of hydrogen-bond donors (Lipinski definition) is 3. The molecule has 4 bridgehead atoms. The Hall–Kier alpha value is -5.14. The number of esters is 2. The summed E-state index contributed by atoms with van der Waals surface area (Å²) in [6, 6.07) is 5.22. The lowest BCUT2D eigenvalue weighted by atomic mass is 9.71. The number of carbonyl (C=O) groups is 2. The van der Waals surface area contributed by atoms with E-state index in [2.05, 4.69) is 27.8 Å². The first-order valence-corrected chi connectivity index (χ1v) is 20.5.